The molecule has 1 atom stereocenters. The predicted octanol–water partition coefficient (Wildman–Crippen LogP) is 2.67. The summed E-state index contributed by atoms with van der Waals surface area (Å²) >= 11 is 0. The summed E-state index contributed by atoms with van der Waals surface area (Å²) in [4.78, 5) is 11.4. The Morgan fingerprint density at radius 2 is 1.95 bits per heavy atom. The summed E-state index contributed by atoms with van der Waals surface area (Å²) in [5.74, 6) is -0.584. The Kier molecular flexibility index (Phi) is 5.37. The number of hydrogen-bond acceptors (Lipinski definition) is 5. The van der Waals surface area contributed by atoms with Crippen LogP contribution >= 0.6 is 0 Å². The van der Waals surface area contributed by atoms with Crippen LogP contribution in [-0.4, -0.2) is 32.2 Å². The monoisotopic (exact) mass is 345 g/mol. The number of nitrogens with one attached hydrogen (secondary N) is 1. The van der Waals surface area contributed by atoms with Crippen molar-refractivity contribution in [2.75, 3.05) is 6.54 Å². The number of alkyl halides is 3. The van der Waals surface area contributed by atoms with Crippen LogP contribution in [0.2, 0.25) is 0 Å². The number of hydrogen-bond donors (Lipinski definition) is 1. The van der Waals surface area contributed by atoms with Gasteiger partial charge < -0.3 is 14.2 Å². The molecule has 0 spiro atoms. The van der Waals surface area contributed by atoms with Gasteiger partial charge in [-0.3, -0.25) is 0 Å². The molecular formula is C12H18F3NO5S. The van der Waals surface area contributed by atoms with Crippen LogP contribution in [0.3, 0.4) is 0 Å². The minimum absolute atomic E-state index is 0.0516. The van der Waals surface area contributed by atoms with Gasteiger partial charge in [-0.2, -0.15) is 21.6 Å². The zero-order chi connectivity index (χ0) is 17.2. The van der Waals surface area contributed by atoms with E-state index >= 15 is 0 Å². The minimum atomic E-state index is -5.64. The van der Waals surface area contributed by atoms with Gasteiger partial charge >= 0.3 is 21.7 Å². The number of amides is 1. The van der Waals surface area contributed by atoms with Crippen molar-refractivity contribution in [2.24, 2.45) is 5.92 Å². The van der Waals surface area contributed by atoms with E-state index in [0.717, 1.165) is 0 Å². The van der Waals surface area contributed by atoms with Gasteiger partial charge in [0.15, 0.2) is 0 Å². The topological polar surface area (TPSA) is 81.7 Å². The first-order valence-corrected chi connectivity index (χ1v) is 7.89. The molecule has 1 N–H and O–H groups in total. The first kappa shape index (κ1) is 18.6. The van der Waals surface area contributed by atoms with Crippen LogP contribution in [0, 0.1) is 5.92 Å². The molecule has 0 bridgehead atoms. The lowest BCUT2D eigenvalue weighted by molar-refractivity contribution is -0.0522. The number of halogens is 3. The number of allylic oxidation sites excluding steroid dienone is 1. The molecule has 1 unspecified atom stereocenters. The Bertz CT molecular complexity index is 548. The van der Waals surface area contributed by atoms with Crippen molar-refractivity contribution in [1.29, 1.82) is 0 Å². The van der Waals surface area contributed by atoms with Crippen molar-refractivity contribution >= 4 is 16.2 Å². The number of rotatable bonds is 4. The number of carbonyl (C=O) groups is 1. The van der Waals surface area contributed by atoms with Crippen LogP contribution in [0.4, 0.5) is 18.0 Å². The average molecular weight is 345 g/mol. The van der Waals surface area contributed by atoms with E-state index in [9.17, 15) is 26.4 Å². The first-order valence-electron chi connectivity index (χ1n) is 6.48. The molecule has 1 aliphatic carbocycles. The summed E-state index contributed by atoms with van der Waals surface area (Å²) in [5, 5.41) is 2.46. The predicted molar refractivity (Wildman–Crippen MR) is 71.1 cm³/mol. The summed E-state index contributed by atoms with van der Waals surface area (Å²) in [6, 6.07) is 0. The summed E-state index contributed by atoms with van der Waals surface area (Å²) in [5.41, 5.74) is -6.12. The lowest BCUT2D eigenvalue weighted by Crippen LogP contribution is -2.34. The second-order valence-corrected chi connectivity index (χ2v) is 7.34. The van der Waals surface area contributed by atoms with Gasteiger partial charge in [0.25, 0.3) is 0 Å². The highest BCUT2D eigenvalue weighted by Crippen LogP contribution is 2.31. The summed E-state index contributed by atoms with van der Waals surface area (Å²) in [6.45, 7) is 5.19. The second-order valence-electron chi connectivity index (χ2n) is 5.80. The average Bonchev–Trinajstić information content (AvgIpc) is 2.69. The largest absolute Gasteiger partial charge is 0.534 e. The molecule has 6 nitrogen and oxygen atoms in total. The van der Waals surface area contributed by atoms with E-state index in [1.807, 2.05) is 0 Å². The van der Waals surface area contributed by atoms with Crippen molar-refractivity contribution in [1.82, 2.24) is 5.32 Å². The third kappa shape index (κ3) is 5.74. The van der Waals surface area contributed by atoms with Gasteiger partial charge in [-0.25, -0.2) is 4.79 Å². The number of carbonyl (C=O) groups excluding carboxylic acids is 1. The molecule has 0 radical (unpaired) electrons. The molecular weight excluding hydrogens is 327 g/mol. The highest BCUT2D eigenvalue weighted by molar-refractivity contribution is 7.87. The van der Waals surface area contributed by atoms with Gasteiger partial charge in [0.1, 0.15) is 11.4 Å². The molecule has 0 aliphatic heterocycles. The molecule has 0 aromatic heterocycles. The fraction of sp³-hybridized carbons (Fsp3) is 0.750. The maximum atomic E-state index is 12.2. The van der Waals surface area contributed by atoms with Gasteiger partial charge in [0, 0.05) is 13.0 Å². The molecule has 22 heavy (non-hydrogen) atoms. The Labute approximate surface area is 126 Å². The highest BCUT2D eigenvalue weighted by atomic mass is 32.2. The standard InChI is InChI=1S/C12H18F3NO5S/c1-11(2,3)20-10(17)16-7-8-4-5-9(6-8)21-22(18,19)12(13,14)15/h6,8H,4-5,7H2,1-3H3,(H,16,17). The second kappa shape index (κ2) is 6.35. The molecule has 0 heterocycles. The van der Waals surface area contributed by atoms with Gasteiger partial charge in [0.05, 0.1) is 0 Å². The minimum Gasteiger partial charge on any atom is -0.444 e. The van der Waals surface area contributed by atoms with Gasteiger partial charge in [-0.05, 0) is 39.2 Å². The van der Waals surface area contributed by atoms with Crippen molar-refractivity contribution in [3.05, 3.63) is 11.8 Å². The van der Waals surface area contributed by atoms with Crippen LogP contribution in [-0.2, 0) is 19.0 Å². The molecule has 1 rings (SSSR count). The van der Waals surface area contributed by atoms with Crippen LogP contribution in [0.15, 0.2) is 11.8 Å². The molecule has 1 aliphatic rings. The summed E-state index contributed by atoms with van der Waals surface area (Å²) in [6.07, 6.45) is 1.04. The molecule has 0 aromatic carbocycles. The molecule has 128 valence electrons. The van der Waals surface area contributed by atoms with Crippen molar-refractivity contribution < 1.29 is 35.3 Å². The summed E-state index contributed by atoms with van der Waals surface area (Å²) < 4.78 is 67.3. The van der Waals surface area contributed by atoms with E-state index in [1.54, 1.807) is 20.8 Å². The van der Waals surface area contributed by atoms with E-state index in [2.05, 4.69) is 9.50 Å². The van der Waals surface area contributed by atoms with E-state index < -0.39 is 27.3 Å². The Balaban J connectivity index is 2.51. The number of alkyl carbamates (subject to hydrolysis) is 1. The van der Waals surface area contributed by atoms with Gasteiger partial charge in [-0.15, -0.1) is 0 Å². The third-order valence-electron chi connectivity index (χ3n) is 2.59. The Morgan fingerprint density at radius 1 is 1.36 bits per heavy atom. The summed E-state index contributed by atoms with van der Waals surface area (Å²) in [7, 11) is -5.64. The maximum Gasteiger partial charge on any atom is 0.534 e. The fourth-order valence-electron chi connectivity index (χ4n) is 1.70. The lowest BCUT2D eigenvalue weighted by atomic mass is 10.1. The molecule has 0 fully saturated rings. The van der Waals surface area contributed by atoms with Crippen LogP contribution < -0.4 is 5.32 Å². The van der Waals surface area contributed by atoms with E-state index in [0.29, 0.717) is 6.42 Å². The van der Waals surface area contributed by atoms with E-state index in [1.165, 1.54) is 6.08 Å². The molecule has 10 heteroatoms. The van der Waals surface area contributed by atoms with Crippen molar-refractivity contribution in [3.8, 4) is 0 Å². The molecule has 0 saturated heterocycles. The van der Waals surface area contributed by atoms with Crippen molar-refractivity contribution in [3.63, 3.8) is 0 Å². The van der Waals surface area contributed by atoms with Crippen LogP contribution in [0.25, 0.3) is 0 Å². The zero-order valence-corrected chi connectivity index (χ0v) is 13.2. The normalized spacial score (nSPS) is 19.5. The van der Waals surface area contributed by atoms with Gasteiger partial charge in [0.2, 0.25) is 0 Å². The number of ether oxygens (including phenoxy) is 1. The van der Waals surface area contributed by atoms with E-state index in [-0.39, 0.29) is 24.6 Å². The Morgan fingerprint density at radius 3 is 2.45 bits per heavy atom. The highest BCUT2D eigenvalue weighted by Gasteiger charge is 2.49. The smallest absolute Gasteiger partial charge is 0.444 e. The molecule has 0 saturated carbocycles. The van der Waals surface area contributed by atoms with Crippen LogP contribution in [0.5, 0.6) is 0 Å². The Hall–Kier alpha value is -1.45. The van der Waals surface area contributed by atoms with Crippen molar-refractivity contribution in [2.45, 2.75) is 44.7 Å². The third-order valence-corrected chi connectivity index (χ3v) is 3.59. The first-order chi connectivity index (χ1) is 9.80. The zero-order valence-electron chi connectivity index (χ0n) is 12.4. The quantitative estimate of drug-likeness (QED) is 0.626. The molecule has 0 aromatic rings. The maximum absolute atomic E-state index is 12.2. The van der Waals surface area contributed by atoms with Crippen LogP contribution in [0.1, 0.15) is 33.6 Å². The molecule has 1 amide bonds. The van der Waals surface area contributed by atoms with E-state index in [4.69, 9.17) is 4.74 Å². The SMILES string of the molecule is CC(C)(C)OC(=O)NCC1C=C(OS(=O)(=O)C(F)(F)F)CC1. The lowest BCUT2D eigenvalue weighted by Gasteiger charge is -2.20. The van der Waals surface area contributed by atoms with Gasteiger partial charge in [-0.1, -0.05) is 0 Å². The fourth-order valence-corrected chi connectivity index (χ4v) is 2.22.